The number of nitrogens with two attached hydrogens (primary N) is 1. The fourth-order valence-corrected chi connectivity index (χ4v) is 1.88. The molecule has 0 amide bonds. The van der Waals surface area contributed by atoms with Gasteiger partial charge in [-0.2, -0.15) is 0 Å². The van der Waals surface area contributed by atoms with Gasteiger partial charge in [0.15, 0.2) is 0 Å². The Hall–Kier alpha value is -1.62. The Labute approximate surface area is 107 Å². The third kappa shape index (κ3) is 3.43. The molecule has 1 aromatic rings. The van der Waals surface area contributed by atoms with Gasteiger partial charge in [-0.25, -0.2) is 0 Å². The number of benzene rings is 1. The van der Waals surface area contributed by atoms with Crippen molar-refractivity contribution in [3.8, 4) is 5.75 Å². The molecule has 0 aromatic heterocycles. The van der Waals surface area contributed by atoms with Crippen LogP contribution in [-0.2, 0) is 6.42 Å². The van der Waals surface area contributed by atoms with Gasteiger partial charge in [0.1, 0.15) is 5.75 Å². The smallest absolute Gasteiger partial charge is 0.273 e. The second-order valence-electron chi connectivity index (χ2n) is 4.54. The van der Waals surface area contributed by atoms with E-state index in [0.717, 1.165) is 18.4 Å². The Morgan fingerprint density at radius 2 is 1.94 bits per heavy atom. The summed E-state index contributed by atoms with van der Waals surface area (Å²) < 4.78 is 5.08. The lowest BCUT2D eigenvalue weighted by atomic mass is 9.87. The molecule has 0 atom stereocenters. The van der Waals surface area contributed by atoms with Crippen molar-refractivity contribution in [2.45, 2.75) is 38.6 Å². The van der Waals surface area contributed by atoms with E-state index in [1.165, 1.54) is 13.2 Å². The molecule has 0 saturated carbocycles. The summed E-state index contributed by atoms with van der Waals surface area (Å²) in [5.41, 5.74) is 6.80. The van der Waals surface area contributed by atoms with E-state index in [1.54, 1.807) is 12.1 Å². The van der Waals surface area contributed by atoms with Crippen molar-refractivity contribution in [3.05, 3.63) is 33.9 Å². The minimum Gasteiger partial charge on any atom is -0.496 e. The molecular formula is C13H20N2O3. The van der Waals surface area contributed by atoms with Crippen LogP contribution in [0.15, 0.2) is 18.2 Å². The molecule has 0 heterocycles. The van der Waals surface area contributed by atoms with Crippen LogP contribution in [0.25, 0.3) is 0 Å². The highest BCUT2D eigenvalue weighted by molar-refractivity contribution is 5.43. The van der Waals surface area contributed by atoms with Crippen molar-refractivity contribution >= 4 is 5.69 Å². The third-order valence-electron chi connectivity index (χ3n) is 3.36. The minimum atomic E-state index is -0.415. The van der Waals surface area contributed by atoms with Crippen molar-refractivity contribution in [1.29, 1.82) is 0 Å². The van der Waals surface area contributed by atoms with Crippen LogP contribution >= 0.6 is 0 Å². The van der Waals surface area contributed by atoms with Gasteiger partial charge in [0.2, 0.25) is 0 Å². The lowest BCUT2D eigenvalue weighted by molar-refractivity contribution is -0.385. The molecule has 2 N–H and O–H groups in total. The standard InChI is InChI=1S/C13H20N2O3/c1-4-13(14,5-2)9-10-6-11(15(16)17)8-12(7-10)18-3/h6-8H,4-5,9,14H2,1-3H3. The lowest BCUT2D eigenvalue weighted by Gasteiger charge is -2.26. The Kier molecular flexibility index (Phi) is 4.67. The molecule has 1 rings (SSSR count). The average molecular weight is 252 g/mol. The van der Waals surface area contributed by atoms with E-state index in [0.29, 0.717) is 12.2 Å². The molecule has 1 aromatic carbocycles. The largest absolute Gasteiger partial charge is 0.496 e. The molecule has 0 spiro atoms. The van der Waals surface area contributed by atoms with Crippen LogP contribution in [0.2, 0.25) is 0 Å². The van der Waals surface area contributed by atoms with Crippen LogP contribution in [0.5, 0.6) is 5.75 Å². The van der Waals surface area contributed by atoms with Gasteiger partial charge in [0.05, 0.1) is 18.1 Å². The number of ether oxygens (including phenoxy) is 1. The number of nitro groups is 1. The van der Waals surface area contributed by atoms with Gasteiger partial charge in [0.25, 0.3) is 5.69 Å². The van der Waals surface area contributed by atoms with E-state index in [-0.39, 0.29) is 11.2 Å². The number of non-ortho nitro benzene ring substituents is 1. The highest BCUT2D eigenvalue weighted by Gasteiger charge is 2.22. The van der Waals surface area contributed by atoms with Crippen LogP contribution < -0.4 is 10.5 Å². The number of methoxy groups -OCH3 is 1. The van der Waals surface area contributed by atoms with Gasteiger partial charge in [0, 0.05) is 11.6 Å². The summed E-state index contributed by atoms with van der Waals surface area (Å²) in [4.78, 5) is 10.4. The lowest BCUT2D eigenvalue weighted by Crippen LogP contribution is -2.40. The topological polar surface area (TPSA) is 78.4 Å². The first kappa shape index (κ1) is 14.4. The molecule has 0 saturated heterocycles. The van der Waals surface area contributed by atoms with Crippen LogP contribution in [0.3, 0.4) is 0 Å². The second kappa shape index (κ2) is 5.82. The summed E-state index contributed by atoms with van der Waals surface area (Å²) in [6.07, 6.45) is 2.26. The van der Waals surface area contributed by atoms with E-state index in [4.69, 9.17) is 10.5 Å². The number of nitro benzene ring substituents is 1. The summed E-state index contributed by atoms with van der Waals surface area (Å²) in [5.74, 6) is 0.494. The first-order valence-corrected chi connectivity index (χ1v) is 6.05. The maximum absolute atomic E-state index is 10.8. The van der Waals surface area contributed by atoms with Gasteiger partial charge in [-0.15, -0.1) is 0 Å². The summed E-state index contributed by atoms with van der Waals surface area (Å²) >= 11 is 0. The van der Waals surface area contributed by atoms with E-state index in [1.807, 2.05) is 13.8 Å². The fourth-order valence-electron chi connectivity index (χ4n) is 1.88. The number of nitrogens with zero attached hydrogens (tertiary/aromatic N) is 1. The van der Waals surface area contributed by atoms with Gasteiger partial charge in [-0.1, -0.05) is 13.8 Å². The summed E-state index contributed by atoms with van der Waals surface area (Å²) in [7, 11) is 1.50. The van der Waals surface area contributed by atoms with Crippen molar-refractivity contribution in [2.75, 3.05) is 7.11 Å². The Morgan fingerprint density at radius 3 is 2.39 bits per heavy atom. The number of hydrogen-bond donors (Lipinski definition) is 1. The molecule has 0 unspecified atom stereocenters. The van der Waals surface area contributed by atoms with Gasteiger partial charge >= 0.3 is 0 Å². The Bertz CT molecular complexity index is 428. The zero-order valence-electron chi connectivity index (χ0n) is 11.1. The Morgan fingerprint density at radius 1 is 1.33 bits per heavy atom. The first-order chi connectivity index (χ1) is 8.44. The van der Waals surface area contributed by atoms with Crippen LogP contribution in [-0.4, -0.2) is 17.6 Å². The van der Waals surface area contributed by atoms with Crippen LogP contribution in [0, 0.1) is 10.1 Å². The first-order valence-electron chi connectivity index (χ1n) is 6.05. The van der Waals surface area contributed by atoms with Gasteiger partial charge in [-0.05, 0) is 30.9 Å². The fraction of sp³-hybridized carbons (Fsp3) is 0.538. The maximum atomic E-state index is 10.8. The summed E-state index contributed by atoms with van der Waals surface area (Å²) in [5, 5.41) is 10.8. The van der Waals surface area contributed by atoms with Crippen molar-refractivity contribution in [2.24, 2.45) is 5.73 Å². The molecule has 18 heavy (non-hydrogen) atoms. The predicted molar refractivity (Wildman–Crippen MR) is 70.9 cm³/mol. The molecule has 0 radical (unpaired) electrons. The molecule has 5 nitrogen and oxygen atoms in total. The second-order valence-corrected chi connectivity index (χ2v) is 4.54. The maximum Gasteiger partial charge on any atom is 0.273 e. The summed E-state index contributed by atoms with van der Waals surface area (Å²) in [6, 6.07) is 4.79. The van der Waals surface area contributed by atoms with Crippen molar-refractivity contribution in [1.82, 2.24) is 0 Å². The third-order valence-corrected chi connectivity index (χ3v) is 3.36. The molecule has 0 fully saturated rings. The molecule has 0 aliphatic carbocycles. The number of rotatable bonds is 6. The van der Waals surface area contributed by atoms with Crippen molar-refractivity contribution < 1.29 is 9.66 Å². The quantitative estimate of drug-likeness (QED) is 0.623. The highest BCUT2D eigenvalue weighted by Crippen LogP contribution is 2.26. The molecular weight excluding hydrogens is 232 g/mol. The molecule has 0 bridgehead atoms. The van der Waals surface area contributed by atoms with Gasteiger partial charge < -0.3 is 10.5 Å². The molecule has 100 valence electrons. The van der Waals surface area contributed by atoms with Gasteiger partial charge in [-0.3, -0.25) is 10.1 Å². The van der Waals surface area contributed by atoms with Crippen molar-refractivity contribution in [3.63, 3.8) is 0 Å². The molecule has 0 aliphatic heterocycles. The Balaban J connectivity index is 3.08. The summed E-state index contributed by atoms with van der Waals surface area (Å²) in [6.45, 7) is 4.05. The van der Waals surface area contributed by atoms with E-state index >= 15 is 0 Å². The highest BCUT2D eigenvalue weighted by atomic mass is 16.6. The SMILES string of the molecule is CCC(N)(CC)Cc1cc(OC)cc([N+](=O)[O-])c1. The predicted octanol–water partition coefficient (Wildman–Crippen LogP) is 2.66. The zero-order chi connectivity index (χ0) is 13.8. The number of hydrogen-bond acceptors (Lipinski definition) is 4. The van der Waals surface area contributed by atoms with E-state index in [2.05, 4.69) is 0 Å². The normalized spacial score (nSPS) is 11.3. The van der Waals surface area contributed by atoms with Crippen LogP contribution in [0.4, 0.5) is 5.69 Å². The average Bonchev–Trinajstić information content (AvgIpc) is 2.38. The zero-order valence-corrected chi connectivity index (χ0v) is 11.1. The van der Waals surface area contributed by atoms with Crippen LogP contribution in [0.1, 0.15) is 32.3 Å². The minimum absolute atomic E-state index is 0.0407. The van der Waals surface area contributed by atoms with E-state index < -0.39 is 4.92 Å². The monoisotopic (exact) mass is 252 g/mol. The molecule has 5 heteroatoms. The van der Waals surface area contributed by atoms with E-state index in [9.17, 15) is 10.1 Å². The molecule has 0 aliphatic rings.